The molecular weight excluding hydrogens is 452 g/mol. The van der Waals surface area contributed by atoms with Crippen molar-refractivity contribution in [1.29, 1.82) is 5.26 Å². The van der Waals surface area contributed by atoms with Crippen molar-refractivity contribution in [2.45, 2.75) is 6.42 Å². The van der Waals surface area contributed by atoms with E-state index in [2.05, 4.69) is 4.98 Å². The highest BCUT2D eigenvalue weighted by molar-refractivity contribution is 7.11. The van der Waals surface area contributed by atoms with Crippen molar-refractivity contribution >= 4 is 52.1 Å². The van der Waals surface area contributed by atoms with E-state index in [1.54, 1.807) is 29.6 Å². The molecule has 0 saturated heterocycles. The Morgan fingerprint density at radius 1 is 1.22 bits per heavy atom. The summed E-state index contributed by atoms with van der Waals surface area (Å²) in [5, 5.41) is 23.0. The van der Waals surface area contributed by atoms with Crippen LogP contribution in [0.5, 0.6) is 0 Å². The maximum Gasteiger partial charge on any atom is 0.270 e. The lowest BCUT2D eigenvalue weighted by Crippen LogP contribution is -2.31. The zero-order chi connectivity index (χ0) is 22.8. The molecule has 4 rings (SSSR count). The van der Waals surface area contributed by atoms with Crippen LogP contribution < -0.4 is 0 Å². The van der Waals surface area contributed by atoms with Crippen LogP contribution in [0.4, 0.5) is 5.69 Å². The first kappa shape index (κ1) is 21.4. The third-order valence-electron chi connectivity index (χ3n) is 4.86. The fraction of sp³-hybridized carbons (Fsp3) is 0.0909. The number of thiazole rings is 1. The van der Waals surface area contributed by atoms with Gasteiger partial charge in [0.25, 0.3) is 17.5 Å². The number of nitro groups is 1. The summed E-state index contributed by atoms with van der Waals surface area (Å²) in [6, 6.07) is 12.7. The Bertz CT molecular complexity index is 1310. The van der Waals surface area contributed by atoms with Gasteiger partial charge in [0.05, 0.1) is 27.3 Å². The number of nitro benzene ring substituents is 1. The molecule has 8 nitrogen and oxygen atoms in total. The molecule has 0 fully saturated rings. The van der Waals surface area contributed by atoms with Crippen molar-refractivity contribution in [3.05, 3.63) is 90.4 Å². The van der Waals surface area contributed by atoms with Gasteiger partial charge in [-0.15, -0.1) is 11.3 Å². The van der Waals surface area contributed by atoms with Crippen LogP contribution in [0.15, 0.2) is 47.8 Å². The molecule has 1 aliphatic heterocycles. The number of benzene rings is 2. The smallest absolute Gasteiger partial charge is 0.270 e. The molecule has 2 heterocycles. The minimum absolute atomic E-state index is 0.140. The fourth-order valence-electron chi connectivity index (χ4n) is 3.27. The number of nitriles is 1. The van der Waals surface area contributed by atoms with Gasteiger partial charge in [-0.2, -0.15) is 5.26 Å². The van der Waals surface area contributed by atoms with Gasteiger partial charge in [0.15, 0.2) is 0 Å². The van der Waals surface area contributed by atoms with E-state index in [1.807, 2.05) is 6.07 Å². The monoisotopic (exact) mass is 464 g/mol. The summed E-state index contributed by atoms with van der Waals surface area (Å²) in [7, 11) is 0. The van der Waals surface area contributed by atoms with E-state index in [0.717, 1.165) is 0 Å². The third kappa shape index (κ3) is 4.01. The predicted octanol–water partition coefficient (Wildman–Crippen LogP) is 4.61. The Hall–Kier alpha value is -3.87. The summed E-state index contributed by atoms with van der Waals surface area (Å²) in [6.45, 7) is 0.165. The van der Waals surface area contributed by atoms with Gasteiger partial charge >= 0.3 is 0 Å². The number of aromatic nitrogens is 1. The number of fused-ring (bicyclic) bond motifs is 1. The second-order valence-electron chi connectivity index (χ2n) is 6.83. The van der Waals surface area contributed by atoms with Crippen molar-refractivity contribution in [1.82, 2.24) is 9.88 Å². The van der Waals surface area contributed by atoms with Crippen LogP contribution in [0.2, 0.25) is 5.02 Å². The third-order valence-corrected chi connectivity index (χ3v) is 6.13. The maximum absolute atomic E-state index is 12.5. The lowest BCUT2D eigenvalue weighted by Gasteiger charge is -2.12. The average Bonchev–Trinajstić information content (AvgIpc) is 3.35. The van der Waals surface area contributed by atoms with E-state index >= 15 is 0 Å². The Kier molecular flexibility index (Phi) is 5.81. The largest absolute Gasteiger partial charge is 0.274 e. The first-order valence-electron chi connectivity index (χ1n) is 9.35. The summed E-state index contributed by atoms with van der Waals surface area (Å²) < 4.78 is 0. The molecule has 0 bridgehead atoms. The SMILES string of the molecule is N#C/C(=C\c1cc([N+](=O)[O-])ccc1Cl)c1nc(CCN2C(=O)c3ccccc3C2=O)cs1. The number of non-ortho nitro benzene ring substituents is 1. The molecule has 0 N–H and O–H groups in total. The Morgan fingerprint density at radius 2 is 1.91 bits per heavy atom. The molecule has 0 aliphatic carbocycles. The number of hydrogen-bond donors (Lipinski definition) is 0. The van der Waals surface area contributed by atoms with Gasteiger partial charge in [-0.3, -0.25) is 24.6 Å². The lowest BCUT2D eigenvalue weighted by molar-refractivity contribution is -0.384. The number of amides is 2. The van der Waals surface area contributed by atoms with Crippen molar-refractivity contribution in [2.24, 2.45) is 0 Å². The highest BCUT2D eigenvalue weighted by Crippen LogP contribution is 2.28. The van der Waals surface area contributed by atoms with E-state index in [1.165, 1.54) is 40.5 Å². The maximum atomic E-state index is 12.5. The molecule has 0 unspecified atom stereocenters. The molecule has 3 aromatic rings. The van der Waals surface area contributed by atoms with Gasteiger partial charge in [-0.05, 0) is 24.3 Å². The Balaban J connectivity index is 1.51. The molecule has 158 valence electrons. The summed E-state index contributed by atoms with van der Waals surface area (Å²) in [6.07, 6.45) is 1.78. The molecule has 2 amide bonds. The molecule has 0 radical (unpaired) electrons. The minimum atomic E-state index is -0.541. The molecule has 10 heteroatoms. The minimum Gasteiger partial charge on any atom is -0.274 e. The van der Waals surface area contributed by atoms with E-state index < -0.39 is 4.92 Å². The highest BCUT2D eigenvalue weighted by Gasteiger charge is 2.34. The van der Waals surface area contributed by atoms with Crippen molar-refractivity contribution in [3.63, 3.8) is 0 Å². The number of carbonyl (C=O) groups excluding carboxylic acids is 2. The van der Waals surface area contributed by atoms with E-state index in [0.29, 0.717) is 33.8 Å². The van der Waals surface area contributed by atoms with Crippen LogP contribution in [0, 0.1) is 21.4 Å². The number of hydrogen-bond acceptors (Lipinski definition) is 7. The molecule has 0 spiro atoms. The number of allylic oxidation sites excluding steroid dienone is 1. The van der Waals surface area contributed by atoms with E-state index in [9.17, 15) is 25.0 Å². The van der Waals surface area contributed by atoms with Gasteiger partial charge in [-0.1, -0.05) is 23.7 Å². The van der Waals surface area contributed by atoms with Gasteiger partial charge in [0.2, 0.25) is 0 Å². The summed E-state index contributed by atoms with van der Waals surface area (Å²) in [5.41, 5.74) is 1.79. The summed E-state index contributed by atoms with van der Waals surface area (Å²) in [5.74, 6) is -0.669. The topological polar surface area (TPSA) is 117 Å². The van der Waals surface area contributed by atoms with E-state index in [4.69, 9.17) is 11.6 Å². The second-order valence-corrected chi connectivity index (χ2v) is 8.10. The first-order valence-corrected chi connectivity index (χ1v) is 10.6. The fourth-order valence-corrected chi connectivity index (χ4v) is 4.26. The standard InChI is InChI=1S/C22H13ClN4O4S/c23-19-6-5-16(27(30)31)10-13(19)9-14(11-24)20-25-15(12-32-20)7-8-26-21(28)17-3-1-2-4-18(17)22(26)29/h1-6,9-10,12H,7-8H2/b14-9+. The molecule has 2 aromatic carbocycles. The van der Waals surface area contributed by atoms with Crippen molar-refractivity contribution in [2.75, 3.05) is 6.54 Å². The summed E-state index contributed by atoms with van der Waals surface area (Å²) >= 11 is 7.34. The molecule has 32 heavy (non-hydrogen) atoms. The number of nitrogens with zero attached hydrogens (tertiary/aromatic N) is 4. The van der Waals surface area contributed by atoms with Crippen LogP contribution in [-0.2, 0) is 6.42 Å². The molecular formula is C22H13ClN4O4S. The highest BCUT2D eigenvalue weighted by atomic mass is 35.5. The zero-order valence-electron chi connectivity index (χ0n) is 16.3. The summed E-state index contributed by atoms with van der Waals surface area (Å²) in [4.78, 5) is 41.0. The van der Waals surface area contributed by atoms with Crippen LogP contribution in [0.25, 0.3) is 11.6 Å². The lowest BCUT2D eigenvalue weighted by atomic mass is 10.1. The molecule has 0 saturated carbocycles. The van der Waals surface area contributed by atoms with Gasteiger partial charge in [0.1, 0.15) is 11.1 Å². The van der Waals surface area contributed by atoms with Gasteiger partial charge < -0.3 is 0 Å². The number of imide groups is 1. The Morgan fingerprint density at radius 3 is 2.53 bits per heavy atom. The van der Waals surface area contributed by atoms with Gasteiger partial charge in [0, 0.05) is 41.1 Å². The van der Waals surface area contributed by atoms with Gasteiger partial charge in [-0.25, -0.2) is 4.98 Å². The number of carbonyl (C=O) groups is 2. The van der Waals surface area contributed by atoms with Crippen molar-refractivity contribution < 1.29 is 14.5 Å². The normalized spacial score (nSPS) is 13.2. The van der Waals surface area contributed by atoms with Crippen LogP contribution in [0.3, 0.4) is 0 Å². The predicted molar refractivity (Wildman–Crippen MR) is 119 cm³/mol. The average molecular weight is 465 g/mol. The second kappa shape index (κ2) is 8.70. The Labute approximate surface area is 191 Å². The molecule has 0 atom stereocenters. The van der Waals surface area contributed by atoms with Crippen LogP contribution in [-0.4, -0.2) is 33.2 Å². The quantitative estimate of drug-likeness (QED) is 0.227. The molecule has 1 aliphatic rings. The first-order chi connectivity index (χ1) is 15.4. The van der Waals surface area contributed by atoms with E-state index in [-0.39, 0.29) is 34.6 Å². The van der Waals surface area contributed by atoms with Crippen LogP contribution in [0.1, 0.15) is 37.0 Å². The van der Waals surface area contributed by atoms with Crippen LogP contribution >= 0.6 is 22.9 Å². The molecule has 1 aromatic heterocycles. The van der Waals surface area contributed by atoms with Crippen molar-refractivity contribution in [3.8, 4) is 6.07 Å². The number of halogens is 1. The number of rotatable bonds is 6. The zero-order valence-corrected chi connectivity index (χ0v) is 17.9.